The second-order valence-electron chi connectivity index (χ2n) is 8.48. The number of alkyl halides is 2. The zero-order chi connectivity index (χ0) is 23.3. The second kappa shape index (κ2) is 9.94. The standard InChI is InChI=1S/C19H20F3N5.C4H10/c1-11(2)25-17-12(3)7-13(8-15(17)20)14-5-6-27-16(14)9-23-18(26-27)24-10-19(4,21)22;1-4(2)3/h5-9H,10H2,1-4H3,(H,24,26);4H,1-3H3. The van der Waals surface area contributed by atoms with E-state index in [2.05, 4.69) is 41.2 Å². The Hall–Kier alpha value is -2.90. The number of aromatic nitrogens is 3. The SMILES string of the molecule is CC(C)=Nc1c(C)cc(-c2ccn3nc(NCC(C)(F)F)ncc23)cc1F.CC(C)C. The molecular weight excluding hydrogens is 403 g/mol. The summed E-state index contributed by atoms with van der Waals surface area (Å²) in [6.45, 7) is 12.2. The number of benzene rings is 1. The van der Waals surface area contributed by atoms with Crippen molar-refractivity contribution in [3.8, 4) is 11.1 Å². The Labute approximate surface area is 181 Å². The van der Waals surface area contributed by atoms with Crippen molar-refractivity contribution in [2.45, 2.75) is 54.4 Å². The number of nitrogens with one attached hydrogen (secondary N) is 1. The van der Waals surface area contributed by atoms with Crippen molar-refractivity contribution < 1.29 is 13.2 Å². The van der Waals surface area contributed by atoms with Gasteiger partial charge in [-0.2, -0.15) is 0 Å². The molecule has 0 atom stereocenters. The van der Waals surface area contributed by atoms with Crippen molar-refractivity contribution in [2.24, 2.45) is 10.9 Å². The van der Waals surface area contributed by atoms with Gasteiger partial charge in [0, 0.05) is 24.4 Å². The summed E-state index contributed by atoms with van der Waals surface area (Å²) >= 11 is 0. The van der Waals surface area contributed by atoms with Crippen LogP contribution in [0.1, 0.15) is 47.1 Å². The average Bonchev–Trinajstić information content (AvgIpc) is 3.05. The van der Waals surface area contributed by atoms with E-state index in [4.69, 9.17) is 0 Å². The van der Waals surface area contributed by atoms with E-state index in [1.54, 1.807) is 19.2 Å². The number of hydrogen-bond donors (Lipinski definition) is 1. The third-order valence-corrected chi connectivity index (χ3v) is 3.87. The highest BCUT2D eigenvalue weighted by Gasteiger charge is 2.21. The van der Waals surface area contributed by atoms with Crippen molar-refractivity contribution in [1.29, 1.82) is 0 Å². The van der Waals surface area contributed by atoms with Crippen LogP contribution in [0.4, 0.5) is 24.8 Å². The van der Waals surface area contributed by atoms with Gasteiger partial charge >= 0.3 is 0 Å². The van der Waals surface area contributed by atoms with E-state index in [0.29, 0.717) is 16.8 Å². The number of rotatable bonds is 5. The molecule has 2 aromatic heterocycles. The van der Waals surface area contributed by atoms with Crippen LogP contribution in [0.15, 0.2) is 35.6 Å². The summed E-state index contributed by atoms with van der Waals surface area (Å²) in [5.74, 6) is -2.34. The number of aryl methyl sites for hydroxylation is 1. The fourth-order valence-corrected chi connectivity index (χ4v) is 2.72. The lowest BCUT2D eigenvalue weighted by molar-refractivity contribution is 0.0365. The highest BCUT2D eigenvalue weighted by molar-refractivity contribution is 5.85. The van der Waals surface area contributed by atoms with Crippen LogP contribution in [-0.4, -0.2) is 32.8 Å². The van der Waals surface area contributed by atoms with Crippen molar-refractivity contribution in [3.63, 3.8) is 0 Å². The topological polar surface area (TPSA) is 54.6 Å². The summed E-state index contributed by atoms with van der Waals surface area (Å²) in [6.07, 6.45) is 3.20. The number of anilines is 1. The van der Waals surface area contributed by atoms with Gasteiger partial charge in [0.25, 0.3) is 5.92 Å². The number of hydrogen-bond acceptors (Lipinski definition) is 4. The van der Waals surface area contributed by atoms with Crippen LogP contribution < -0.4 is 5.32 Å². The molecule has 5 nitrogen and oxygen atoms in total. The Kier molecular flexibility index (Phi) is 7.81. The normalized spacial score (nSPS) is 11.3. The average molecular weight is 434 g/mol. The van der Waals surface area contributed by atoms with E-state index in [1.165, 1.54) is 16.8 Å². The van der Waals surface area contributed by atoms with Crippen molar-refractivity contribution in [1.82, 2.24) is 14.6 Å². The highest BCUT2D eigenvalue weighted by atomic mass is 19.3. The summed E-state index contributed by atoms with van der Waals surface area (Å²) in [7, 11) is 0. The Morgan fingerprint density at radius 2 is 1.87 bits per heavy atom. The van der Waals surface area contributed by atoms with Gasteiger partial charge in [0.1, 0.15) is 11.5 Å². The fraction of sp³-hybridized carbons (Fsp3) is 0.435. The van der Waals surface area contributed by atoms with E-state index in [1.807, 2.05) is 19.9 Å². The lowest BCUT2D eigenvalue weighted by Crippen LogP contribution is -2.24. The molecule has 1 aromatic carbocycles. The molecule has 0 bridgehead atoms. The van der Waals surface area contributed by atoms with Gasteiger partial charge in [-0.1, -0.05) is 20.8 Å². The lowest BCUT2D eigenvalue weighted by atomic mass is 10.0. The van der Waals surface area contributed by atoms with Gasteiger partial charge in [-0.25, -0.2) is 22.7 Å². The molecule has 168 valence electrons. The monoisotopic (exact) mass is 433 g/mol. The molecule has 2 heterocycles. The van der Waals surface area contributed by atoms with Crippen molar-refractivity contribution in [3.05, 3.63) is 42.0 Å². The number of fused-ring (bicyclic) bond motifs is 1. The van der Waals surface area contributed by atoms with E-state index in [-0.39, 0.29) is 5.95 Å². The molecule has 0 saturated heterocycles. The predicted octanol–water partition coefficient (Wildman–Crippen LogP) is 6.69. The minimum atomic E-state index is -2.86. The molecule has 0 radical (unpaired) electrons. The van der Waals surface area contributed by atoms with Crippen LogP contribution in [0.2, 0.25) is 0 Å². The first-order valence-corrected chi connectivity index (χ1v) is 10.2. The second-order valence-corrected chi connectivity index (χ2v) is 8.48. The molecule has 0 fully saturated rings. The molecule has 3 rings (SSSR count). The first-order chi connectivity index (χ1) is 14.4. The first kappa shape index (κ1) is 24.4. The van der Waals surface area contributed by atoms with Crippen LogP contribution in [0, 0.1) is 18.7 Å². The quantitative estimate of drug-likeness (QED) is 0.456. The number of aliphatic imine (C=N–C) groups is 1. The first-order valence-electron chi connectivity index (χ1n) is 10.2. The van der Waals surface area contributed by atoms with Crippen molar-refractivity contribution >= 4 is 22.9 Å². The molecular formula is C23H30F3N5. The smallest absolute Gasteiger partial charge is 0.262 e. The molecule has 0 amide bonds. The van der Waals surface area contributed by atoms with Crippen LogP contribution in [0.25, 0.3) is 16.6 Å². The number of halogens is 3. The molecule has 0 aliphatic rings. The van der Waals surface area contributed by atoms with Crippen LogP contribution in [0.3, 0.4) is 0 Å². The van der Waals surface area contributed by atoms with Crippen LogP contribution in [0.5, 0.6) is 0 Å². The van der Waals surface area contributed by atoms with Gasteiger partial charge in [0.15, 0.2) is 0 Å². The molecule has 0 saturated carbocycles. The maximum absolute atomic E-state index is 14.5. The summed E-state index contributed by atoms with van der Waals surface area (Å²) in [4.78, 5) is 8.32. The highest BCUT2D eigenvalue weighted by Crippen LogP contribution is 2.32. The Morgan fingerprint density at radius 1 is 1.23 bits per heavy atom. The zero-order valence-corrected chi connectivity index (χ0v) is 19.1. The minimum Gasteiger partial charge on any atom is -0.347 e. The summed E-state index contributed by atoms with van der Waals surface area (Å²) < 4.78 is 42.0. The number of nitrogens with zero attached hydrogens (tertiary/aromatic N) is 4. The summed E-state index contributed by atoms with van der Waals surface area (Å²) in [5, 5.41) is 6.67. The largest absolute Gasteiger partial charge is 0.347 e. The summed E-state index contributed by atoms with van der Waals surface area (Å²) in [6, 6.07) is 5.06. The van der Waals surface area contributed by atoms with Gasteiger partial charge in [-0.15, -0.1) is 5.10 Å². The lowest BCUT2D eigenvalue weighted by Gasteiger charge is -2.11. The fourth-order valence-electron chi connectivity index (χ4n) is 2.72. The van der Waals surface area contributed by atoms with E-state index in [0.717, 1.165) is 29.7 Å². The zero-order valence-electron chi connectivity index (χ0n) is 19.1. The van der Waals surface area contributed by atoms with E-state index >= 15 is 0 Å². The van der Waals surface area contributed by atoms with Crippen molar-refractivity contribution in [2.75, 3.05) is 11.9 Å². The van der Waals surface area contributed by atoms with Gasteiger partial charge in [-0.3, -0.25) is 4.99 Å². The molecule has 3 aromatic rings. The molecule has 31 heavy (non-hydrogen) atoms. The maximum Gasteiger partial charge on any atom is 0.262 e. The molecule has 0 unspecified atom stereocenters. The third kappa shape index (κ3) is 7.08. The third-order valence-electron chi connectivity index (χ3n) is 3.87. The van der Waals surface area contributed by atoms with Gasteiger partial charge in [0.05, 0.1) is 18.3 Å². The van der Waals surface area contributed by atoms with E-state index in [9.17, 15) is 13.2 Å². The molecule has 1 N–H and O–H groups in total. The predicted molar refractivity (Wildman–Crippen MR) is 121 cm³/mol. The van der Waals surface area contributed by atoms with Gasteiger partial charge in [-0.05, 0) is 56.0 Å². The Balaban J connectivity index is 0.000000785. The van der Waals surface area contributed by atoms with E-state index < -0.39 is 18.3 Å². The molecule has 0 spiro atoms. The molecule has 0 aliphatic carbocycles. The maximum atomic E-state index is 14.5. The van der Waals surface area contributed by atoms with Gasteiger partial charge in [0.2, 0.25) is 5.95 Å². The molecule has 0 aliphatic heterocycles. The summed E-state index contributed by atoms with van der Waals surface area (Å²) in [5.41, 5.74) is 3.87. The molecule has 8 heteroatoms. The Morgan fingerprint density at radius 3 is 2.42 bits per heavy atom. The van der Waals surface area contributed by atoms with Crippen LogP contribution >= 0.6 is 0 Å². The van der Waals surface area contributed by atoms with Gasteiger partial charge < -0.3 is 5.32 Å². The van der Waals surface area contributed by atoms with Crippen LogP contribution in [-0.2, 0) is 0 Å². The minimum absolute atomic E-state index is 0.0941. The Bertz CT molecular complexity index is 1030.